The molecule has 8 nitrogen and oxygen atoms in total. The number of amides is 1. The number of sulfonamides is 1. The summed E-state index contributed by atoms with van der Waals surface area (Å²) < 4.78 is 32.1. The number of rotatable bonds is 10. The van der Waals surface area contributed by atoms with Crippen molar-refractivity contribution in [1.82, 2.24) is 14.5 Å². The molecule has 1 amide bonds. The van der Waals surface area contributed by atoms with Crippen LogP contribution in [0.5, 0.6) is 0 Å². The number of morpholine rings is 1. The van der Waals surface area contributed by atoms with Crippen molar-refractivity contribution in [2.24, 2.45) is 0 Å². The fraction of sp³-hybridized carbons (Fsp3) is 0.333. The largest absolute Gasteiger partial charge is 0.379 e. The van der Waals surface area contributed by atoms with Crippen LogP contribution < -0.4 is 5.32 Å². The number of carbonyl (C=O) groups is 1. The monoisotopic (exact) mass is 468 g/mol. The van der Waals surface area contributed by atoms with Gasteiger partial charge in [-0.15, -0.1) is 6.58 Å². The number of ether oxygens (including phenoxy) is 1. The van der Waals surface area contributed by atoms with Gasteiger partial charge in [-0.25, -0.2) is 8.42 Å². The minimum Gasteiger partial charge on any atom is -0.379 e. The van der Waals surface area contributed by atoms with Gasteiger partial charge in [0.2, 0.25) is 15.9 Å². The topological polar surface area (TPSA) is 103 Å². The van der Waals surface area contributed by atoms with Crippen LogP contribution in [0.3, 0.4) is 0 Å². The molecule has 33 heavy (non-hydrogen) atoms. The van der Waals surface area contributed by atoms with Crippen molar-refractivity contribution in [3.8, 4) is 6.07 Å². The lowest BCUT2D eigenvalue weighted by molar-refractivity contribution is -0.122. The first-order valence-corrected chi connectivity index (χ1v) is 12.1. The standard InChI is InChI=1S/C24H28N4O4S/c1-2-10-27(18-22-5-3-4-21(15-22)16-25)19-24(29)26-17-20-6-8-23(9-7-20)33(30,31)28-11-13-32-14-12-28/h2-9,15H,1,10-14,17-19H2,(H,26,29). The SMILES string of the molecule is C=CCN(CC(=O)NCc1ccc(S(=O)(=O)N2CCOCC2)cc1)Cc1cccc(C#N)c1. The molecule has 0 atom stereocenters. The van der Waals surface area contributed by atoms with Crippen LogP contribution in [0, 0.1) is 11.3 Å². The maximum atomic E-state index is 12.7. The molecule has 1 saturated heterocycles. The van der Waals surface area contributed by atoms with Crippen LogP contribution in [0.4, 0.5) is 0 Å². The molecule has 0 aliphatic carbocycles. The molecular weight excluding hydrogens is 440 g/mol. The quantitative estimate of drug-likeness (QED) is 0.534. The predicted molar refractivity (Wildman–Crippen MR) is 124 cm³/mol. The summed E-state index contributed by atoms with van der Waals surface area (Å²) in [4.78, 5) is 14.7. The third-order valence-electron chi connectivity index (χ3n) is 5.24. The molecule has 0 unspecified atom stereocenters. The molecule has 9 heteroatoms. The number of benzene rings is 2. The first-order valence-electron chi connectivity index (χ1n) is 10.7. The zero-order valence-corrected chi connectivity index (χ0v) is 19.3. The summed E-state index contributed by atoms with van der Waals surface area (Å²) in [6, 6.07) is 16.0. The lowest BCUT2D eigenvalue weighted by Gasteiger charge is -2.26. The van der Waals surface area contributed by atoms with Gasteiger partial charge in [0.05, 0.1) is 36.3 Å². The van der Waals surface area contributed by atoms with E-state index in [1.165, 1.54) is 4.31 Å². The third-order valence-corrected chi connectivity index (χ3v) is 7.15. The van der Waals surface area contributed by atoms with Crippen LogP contribution in [-0.4, -0.2) is 62.9 Å². The van der Waals surface area contributed by atoms with E-state index in [4.69, 9.17) is 10.00 Å². The number of carbonyl (C=O) groups excluding carboxylic acids is 1. The summed E-state index contributed by atoms with van der Waals surface area (Å²) in [5.41, 5.74) is 2.33. The Hall–Kier alpha value is -3.03. The van der Waals surface area contributed by atoms with Gasteiger partial charge in [0.15, 0.2) is 0 Å². The van der Waals surface area contributed by atoms with Gasteiger partial charge < -0.3 is 10.1 Å². The molecule has 2 aromatic rings. The van der Waals surface area contributed by atoms with Crippen molar-refractivity contribution in [3.05, 3.63) is 77.9 Å². The maximum Gasteiger partial charge on any atom is 0.243 e. The van der Waals surface area contributed by atoms with Crippen LogP contribution in [0.1, 0.15) is 16.7 Å². The van der Waals surface area contributed by atoms with Crippen LogP contribution in [-0.2, 0) is 32.6 Å². The highest BCUT2D eigenvalue weighted by atomic mass is 32.2. The van der Waals surface area contributed by atoms with Crippen molar-refractivity contribution in [3.63, 3.8) is 0 Å². The Morgan fingerprint density at radius 2 is 1.91 bits per heavy atom. The molecule has 1 aliphatic heterocycles. The van der Waals surface area contributed by atoms with Crippen LogP contribution in [0.25, 0.3) is 0 Å². The van der Waals surface area contributed by atoms with E-state index < -0.39 is 10.0 Å². The average Bonchev–Trinajstić information content (AvgIpc) is 2.84. The molecule has 0 saturated carbocycles. The molecule has 0 radical (unpaired) electrons. The van der Waals surface area contributed by atoms with E-state index in [1.807, 2.05) is 17.0 Å². The third kappa shape index (κ3) is 6.97. The van der Waals surface area contributed by atoms with Gasteiger partial charge in [0.1, 0.15) is 0 Å². The molecule has 174 valence electrons. The fourth-order valence-electron chi connectivity index (χ4n) is 3.54. The molecule has 1 N–H and O–H groups in total. The Morgan fingerprint density at radius 1 is 1.18 bits per heavy atom. The summed E-state index contributed by atoms with van der Waals surface area (Å²) in [7, 11) is -3.54. The lowest BCUT2D eigenvalue weighted by Crippen LogP contribution is -2.40. The summed E-state index contributed by atoms with van der Waals surface area (Å²) in [6.07, 6.45) is 1.73. The zero-order chi connectivity index (χ0) is 23.7. The molecule has 1 fully saturated rings. The predicted octanol–water partition coefficient (Wildman–Crippen LogP) is 1.88. The Kier molecular flexibility index (Phi) is 8.74. The molecule has 0 bridgehead atoms. The number of nitrogens with zero attached hydrogens (tertiary/aromatic N) is 3. The van der Waals surface area contributed by atoms with E-state index in [0.29, 0.717) is 51.5 Å². The van der Waals surface area contributed by atoms with Crippen molar-refractivity contribution in [2.75, 3.05) is 39.4 Å². The molecular formula is C24H28N4O4S. The van der Waals surface area contributed by atoms with Crippen molar-refractivity contribution in [1.29, 1.82) is 5.26 Å². The minimum atomic E-state index is -3.54. The number of hydrogen-bond acceptors (Lipinski definition) is 6. The zero-order valence-electron chi connectivity index (χ0n) is 18.4. The Bertz CT molecular complexity index is 1100. The molecule has 2 aromatic carbocycles. The van der Waals surface area contributed by atoms with Crippen LogP contribution in [0.2, 0.25) is 0 Å². The van der Waals surface area contributed by atoms with Gasteiger partial charge in [-0.1, -0.05) is 30.3 Å². The van der Waals surface area contributed by atoms with E-state index in [9.17, 15) is 13.2 Å². The second-order valence-corrected chi connectivity index (χ2v) is 9.65. The highest BCUT2D eigenvalue weighted by Crippen LogP contribution is 2.17. The van der Waals surface area contributed by atoms with Crippen LogP contribution >= 0.6 is 0 Å². The molecule has 0 spiro atoms. The first-order chi connectivity index (χ1) is 15.9. The van der Waals surface area contributed by atoms with Crippen LogP contribution in [0.15, 0.2) is 66.1 Å². The fourth-order valence-corrected chi connectivity index (χ4v) is 4.95. The van der Waals surface area contributed by atoms with Gasteiger partial charge in [0.25, 0.3) is 0 Å². The van der Waals surface area contributed by atoms with E-state index in [2.05, 4.69) is 18.0 Å². The van der Waals surface area contributed by atoms with Crippen molar-refractivity contribution in [2.45, 2.75) is 18.0 Å². The Labute approximate surface area is 195 Å². The summed E-state index contributed by atoms with van der Waals surface area (Å²) >= 11 is 0. The Balaban J connectivity index is 1.54. The lowest BCUT2D eigenvalue weighted by atomic mass is 10.1. The van der Waals surface area contributed by atoms with Crippen molar-refractivity contribution >= 4 is 15.9 Å². The van der Waals surface area contributed by atoms with E-state index in [0.717, 1.165) is 11.1 Å². The number of nitrogens with one attached hydrogen (secondary N) is 1. The smallest absolute Gasteiger partial charge is 0.243 e. The molecule has 1 aliphatic rings. The number of hydrogen-bond donors (Lipinski definition) is 1. The Morgan fingerprint density at radius 3 is 2.58 bits per heavy atom. The molecule has 0 aromatic heterocycles. The number of nitriles is 1. The maximum absolute atomic E-state index is 12.7. The van der Waals surface area contributed by atoms with E-state index >= 15 is 0 Å². The second kappa shape index (κ2) is 11.7. The highest BCUT2D eigenvalue weighted by Gasteiger charge is 2.26. The first kappa shape index (κ1) is 24.6. The van der Waals surface area contributed by atoms with Gasteiger partial charge >= 0.3 is 0 Å². The second-order valence-electron chi connectivity index (χ2n) is 7.71. The van der Waals surface area contributed by atoms with E-state index in [-0.39, 0.29) is 17.3 Å². The van der Waals surface area contributed by atoms with Gasteiger partial charge in [-0.2, -0.15) is 9.57 Å². The summed E-state index contributed by atoms with van der Waals surface area (Å²) in [6.45, 7) is 6.76. The molecule has 3 rings (SSSR count). The van der Waals surface area contributed by atoms with Crippen molar-refractivity contribution < 1.29 is 17.9 Å². The highest BCUT2D eigenvalue weighted by molar-refractivity contribution is 7.89. The molecule has 1 heterocycles. The van der Waals surface area contributed by atoms with Gasteiger partial charge in [-0.3, -0.25) is 9.69 Å². The van der Waals surface area contributed by atoms with Gasteiger partial charge in [-0.05, 0) is 35.4 Å². The summed E-state index contributed by atoms with van der Waals surface area (Å²) in [5.74, 6) is -0.154. The van der Waals surface area contributed by atoms with E-state index in [1.54, 1.807) is 42.5 Å². The minimum absolute atomic E-state index is 0.154. The normalized spacial score (nSPS) is 14.5. The summed E-state index contributed by atoms with van der Waals surface area (Å²) in [5, 5.41) is 11.9. The van der Waals surface area contributed by atoms with Gasteiger partial charge in [0, 0.05) is 32.7 Å². The average molecular weight is 469 g/mol.